The van der Waals surface area contributed by atoms with Gasteiger partial charge in [0.1, 0.15) is 9.81 Å². The fourth-order valence-corrected chi connectivity index (χ4v) is 4.27. The van der Waals surface area contributed by atoms with Crippen LogP contribution >= 0.6 is 35.1 Å². The molecule has 0 saturated heterocycles. The van der Waals surface area contributed by atoms with Crippen molar-refractivity contribution in [3.05, 3.63) is 5.69 Å². The molecule has 0 unspecified atom stereocenters. The van der Waals surface area contributed by atoms with Crippen LogP contribution in [0, 0.1) is 0 Å². The van der Waals surface area contributed by atoms with E-state index in [-0.39, 0.29) is 6.09 Å². The summed E-state index contributed by atoms with van der Waals surface area (Å²) in [6.45, 7) is 9.71. The maximum Gasteiger partial charge on any atom is 0.407 e. The Balaban J connectivity index is 2.15. The first kappa shape index (κ1) is 21.5. The molecule has 0 radical (unpaired) electrons. The van der Waals surface area contributed by atoms with E-state index in [4.69, 9.17) is 9.47 Å². The van der Waals surface area contributed by atoms with Crippen LogP contribution in [0.3, 0.4) is 0 Å². The highest BCUT2D eigenvalue weighted by Gasteiger charge is 2.15. The van der Waals surface area contributed by atoms with Gasteiger partial charge < -0.3 is 14.8 Å². The Bertz CT molecular complexity index is 478. The number of alkyl carbamates (subject to hydrolysis) is 1. The lowest BCUT2D eigenvalue weighted by Crippen LogP contribution is -2.33. The van der Waals surface area contributed by atoms with Crippen molar-refractivity contribution < 1.29 is 14.3 Å². The molecule has 0 saturated carbocycles. The lowest BCUT2D eigenvalue weighted by molar-refractivity contribution is 0.0531. The molecular formula is C15H27N3O3S3. The summed E-state index contributed by atoms with van der Waals surface area (Å²) in [4.78, 5) is 11.5. The fraction of sp³-hybridized carbons (Fsp3) is 0.800. The van der Waals surface area contributed by atoms with Crippen LogP contribution in [0.15, 0.2) is 4.21 Å². The molecule has 1 aromatic rings. The largest absolute Gasteiger partial charge is 0.444 e. The number of aromatic nitrogens is 2. The molecule has 1 rings (SSSR count). The van der Waals surface area contributed by atoms with E-state index in [1.807, 2.05) is 27.7 Å². The normalized spacial score (nSPS) is 11.5. The summed E-state index contributed by atoms with van der Waals surface area (Å²) >= 11 is 4.96. The minimum absolute atomic E-state index is 0.371. The highest BCUT2D eigenvalue weighted by atomic mass is 32.2. The van der Waals surface area contributed by atoms with Gasteiger partial charge in [-0.15, -0.1) is 16.9 Å². The van der Waals surface area contributed by atoms with E-state index in [0.29, 0.717) is 6.54 Å². The van der Waals surface area contributed by atoms with Crippen molar-refractivity contribution >= 4 is 41.1 Å². The first-order chi connectivity index (χ1) is 11.4. The lowest BCUT2D eigenvalue weighted by Gasteiger charge is -2.19. The number of nitrogens with one attached hydrogen (secondary N) is 1. The summed E-state index contributed by atoms with van der Waals surface area (Å²) in [5.74, 6) is 2.63. The number of hydrogen-bond donors (Lipinski definition) is 1. The van der Waals surface area contributed by atoms with Gasteiger partial charge >= 0.3 is 6.09 Å². The maximum absolute atomic E-state index is 11.5. The third-order valence-corrected chi connectivity index (χ3v) is 5.65. The van der Waals surface area contributed by atoms with Crippen molar-refractivity contribution in [1.29, 1.82) is 0 Å². The van der Waals surface area contributed by atoms with E-state index in [1.165, 1.54) is 15.7 Å². The number of carbonyl (C=O) groups excluding carboxylic acids is 1. The molecule has 1 aromatic heterocycles. The fourth-order valence-electron chi connectivity index (χ4n) is 1.58. The smallest absolute Gasteiger partial charge is 0.407 e. The minimum atomic E-state index is -0.461. The number of thioether (sulfide) groups is 2. The average Bonchev–Trinajstić information content (AvgIpc) is 2.92. The Kier molecular flexibility index (Phi) is 10.7. The van der Waals surface area contributed by atoms with Crippen molar-refractivity contribution in [3.8, 4) is 0 Å². The molecule has 0 aliphatic carbocycles. The van der Waals surface area contributed by atoms with E-state index in [0.717, 1.165) is 42.6 Å². The van der Waals surface area contributed by atoms with Crippen molar-refractivity contribution in [2.24, 2.45) is 0 Å². The van der Waals surface area contributed by atoms with Crippen LogP contribution in [0.4, 0.5) is 4.79 Å². The molecule has 24 heavy (non-hydrogen) atoms. The zero-order valence-corrected chi connectivity index (χ0v) is 17.2. The Hall–Kier alpha value is -0.510. The Labute approximate surface area is 157 Å². The molecule has 0 aliphatic rings. The van der Waals surface area contributed by atoms with E-state index in [1.54, 1.807) is 23.5 Å². The molecule has 6 nitrogen and oxygen atoms in total. The molecule has 1 amide bonds. The summed E-state index contributed by atoms with van der Waals surface area (Å²) in [7, 11) is 0. The van der Waals surface area contributed by atoms with Crippen molar-refractivity contribution in [2.45, 2.75) is 49.7 Å². The lowest BCUT2D eigenvalue weighted by atomic mass is 10.2. The zero-order chi connectivity index (χ0) is 17.8. The van der Waals surface area contributed by atoms with Gasteiger partial charge in [-0.05, 0) is 45.6 Å². The average molecular weight is 394 g/mol. The van der Waals surface area contributed by atoms with Crippen LogP contribution in [0.1, 0.15) is 39.8 Å². The number of carbonyl (C=O) groups is 1. The summed E-state index contributed by atoms with van der Waals surface area (Å²) in [5, 5.41) is 6.95. The van der Waals surface area contributed by atoms with Crippen molar-refractivity contribution in [1.82, 2.24) is 14.9 Å². The van der Waals surface area contributed by atoms with Gasteiger partial charge in [0.15, 0.2) is 0 Å². The number of nitrogens with zero attached hydrogens (tertiary/aromatic N) is 2. The summed E-state index contributed by atoms with van der Waals surface area (Å²) in [6, 6.07) is 0. The molecule has 0 spiro atoms. The van der Waals surface area contributed by atoms with E-state index in [9.17, 15) is 4.79 Å². The van der Waals surface area contributed by atoms with Gasteiger partial charge in [0, 0.05) is 37.0 Å². The molecule has 0 atom stereocenters. The molecule has 0 aliphatic heterocycles. The molecule has 1 heterocycles. The second-order valence-electron chi connectivity index (χ2n) is 5.89. The van der Waals surface area contributed by atoms with E-state index >= 15 is 0 Å². The number of ether oxygens (including phenoxy) is 2. The quantitative estimate of drug-likeness (QED) is 0.452. The molecule has 9 heteroatoms. The first-order valence-corrected chi connectivity index (χ1v) is 10.9. The zero-order valence-electron chi connectivity index (χ0n) is 14.8. The van der Waals surface area contributed by atoms with E-state index < -0.39 is 5.60 Å². The second-order valence-corrected chi connectivity index (χ2v) is 9.11. The SMILES string of the molecule is CCOCCCSc1snnc1CSCCNC(=O)OC(C)(C)C. The van der Waals surface area contributed by atoms with Crippen LogP contribution in [-0.4, -0.2) is 52.5 Å². The highest BCUT2D eigenvalue weighted by Crippen LogP contribution is 2.28. The van der Waals surface area contributed by atoms with Crippen LogP contribution in [0.25, 0.3) is 0 Å². The predicted molar refractivity (Wildman–Crippen MR) is 102 cm³/mol. The summed E-state index contributed by atoms with van der Waals surface area (Å²) in [6.07, 6.45) is 0.659. The summed E-state index contributed by atoms with van der Waals surface area (Å²) in [5.41, 5.74) is 0.571. The van der Waals surface area contributed by atoms with Gasteiger partial charge in [-0.25, -0.2) is 4.79 Å². The third kappa shape index (κ3) is 10.4. The van der Waals surface area contributed by atoms with Crippen molar-refractivity contribution in [3.63, 3.8) is 0 Å². The molecule has 0 fully saturated rings. The maximum atomic E-state index is 11.5. The molecule has 138 valence electrons. The van der Waals surface area contributed by atoms with Gasteiger partial charge in [-0.3, -0.25) is 0 Å². The molecule has 0 bridgehead atoms. The second kappa shape index (κ2) is 11.9. The first-order valence-electron chi connectivity index (χ1n) is 7.98. The van der Waals surface area contributed by atoms with Crippen LogP contribution in [0.2, 0.25) is 0 Å². The highest BCUT2D eigenvalue weighted by molar-refractivity contribution is 8.01. The van der Waals surface area contributed by atoms with Gasteiger partial charge in [0.2, 0.25) is 0 Å². The Morgan fingerprint density at radius 2 is 2.12 bits per heavy atom. The molecule has 1 N–H and O–H groups in total. The molecular weight excluding hydrogens is 366 g/mol. The van der Waals surface area contributed by atoms with Gasteiger partial charge in [0.05, 0.1) is 5.69 Å². The number of amides is 1. The minimum Gasteiger partial charge on any atom is -0.444 e. The van der Waals surface area contributed by atoms with Gasteiger partial charge in [-0.2, -0.15) is 11.8 Å². The van der Waals surface area contributed by atoms with E-state index in [2.05, 4.69) is 14.9 Å². The number of hydrogen-bond acceptors (Lipinski definition) is 8. The predicted octanol–water partition coefficient (Wildman–Crippen LogP) is 3.81. The number of rotatable bonds is 11. The summed E-state index contributed by atoms with van der Waals surface area (Å²) < 4.78 is 15.7. The van der Waals surface area contributed by atoms with Crippen LogP contribution in [0.5, 0.6) is 0 Å². The monoisotopic (exact) mass is 393 g/mol. The van der Waals surface area contributed by atoms with Gasteiger partial charge in [0.25, 0.3) is 0 Å². The molecule has 0 aromatic carbocycles. The van der Waals surface area contributed by atoms with Crippen LogP contribution in [-0.2, 0) is 15.2 Å². The Morgan fingerprint density at radius 1 is 1.33 bits per heavy atom. The van der Waals surface area contributed by atoms with Gasteiger partial charge in [-0.1, -0.05) is 4.49 Å². The topological polar surface area (TPSA) is 73.3 Å². The van der Waals surface area contributed by atoms with Crippen molar-refractivity contribution in [2.75, 3.05) is 31.3 Å². The standard InChI is InChI=1S/C15H27N3O3S3/c1-5-20-8-6-9-23-13-12(17-18-24-13)11-22-10-7-16-14(19)21-15(2,3)4/h5-11H2,1-4H3,(H,16,19). The van der Waals surface area contributed by atoms with Crippen LogP contribution < -0.4 is 5.32 Å². The third-order valence-electron chi connectivity index (χ3n) is 2.54. The Morgan fingerprint density at radius 3 is 2.83 bits per heavy atom.